The Morgan fingerprint density at radius 3 is 1.48 bits per heavy atom. The maximum absolute atomic E-state index is 2.48. The van der Waals surface area contributed by atoms with Gasteiger partial charge in [-0.25, -0.2) is 0 Å². The fraction of sp³-hybridized carbons (Fsp3) is 0.170. The molecule has 0 saturated heterocycles. The van der Waals surface area contributed by atoms with Gasteiger partial charge in [-0.2, -0.15) is 0 Å². The van der Waals surface area contributed by atoms with Crippen LogP contribution >= 0.6 is 0 Å². The van der Waals surface area contributed by atoms with E-state index in [-0.39, 0.29) is 10.8 Å². The summed E-state index contributed by atoms with van der Waals surface area (Å²) < 4.78 is 0. The second kappa shape index (κ2) is 12.6. The van der Waals surface area contributed by atoms with E-state index in [4.69, 9.17) is 0 Å². The van der Waals surface area contributed by atoms with Gasteiger partial charge in [0, 0.05) is 17.1 Å². The molecule has 0 N–H and O–H groups in total. The van der Waals surface area contributed by atoms with Crippen molar-refractivity contribution < 1.29 is 0 Å². The van der Waals surface area contributed by atoms with E-state index in [0.717, 1.165) is 5.69 Å². The van der Waals surface area contributed by atoms with E-state index in [2.05, 4.69) is 211 Å². The SMILES string of the molecule is Cc1ccc(C(C)(C)C)cc1N(c1cccc(C(C)(C)C)c1)c1ccc2cc3c(cc2c1)-c1c-3c(-c2ccccc2)c2ccccc2c1-c1ccccc1. The van der Waals surface area contributed by atoms with Crippen molar-refractivity contribution in [3.05, 3.63) is 174 Å². The third kappa shape index (κ3) is 5.62. The third-order valence-electron chi connectivity index (χ3n) is 11.4. The van der Waals surface area contributed by atoms with Gasteiger partial charge in [0.2, 0.25) is 0 Å². The van der Waals surface area contributed by atoms with Crippen molar-refractivity contribution in [2.45, 2.75) is 59.3 Å². The van der Waals surface area contributed by atoms with E-state index >= 15 is 0 Å². The van der Waals surface area contributed by atoms with Crippen molar-refractivity contribution >= 4 is 38.6 Å². The number of fused-ring (bicyclic) bond motifs is 6. The van der Waals surface area contributed by atoms with Gasteiger partial charge in [-0.05, 0) is 143 Å². The minimum Gasteiger partial charge on any atom is -0.310 e. The van der Waals surface area contributed by atoms with Crippen LogP contribution in [0, 0.1) is 6.92 Å². The molecule has 0 aliphatic heterocycles. The van der Waals surface area contributed by atoms with E-state index < -0.39 is 0 Å². The van der Waals surface area contributed by atoms with E-state index in [0.29, 0.717) is 0 Å². The summed E-state index contributed by atoms with van der Waals surface area (Å²) in [5.74, 6) is 0. The molecule has 0 amide bonds. The first kappa shape index (κ1) is 33.9. The Hall–Kier alpha value is -5.92. The number of benzene rings is 8. The summed E-state index contributed by atoms with van der Waals surface area (Å²) in [5, 5.41) is 5.08. The zero-order valence-electron chi connectivity index (χ0n) is 32.5. The first-order chi connectivity index (χ1) is 26.0. The lowest BCUT2D eigenvalue weighted by Gasteiger charge is -2.33. The molecule has 0 atom stereocenters. The monoisotopic (exact) mass is 697 g/mol. The van der Waals surface area contributed by atoms with Crippen molar-refractivity contribution in [3.63, 3.8) is 0 Å². The van der Waals surface area contributed by atoms with E-state index in [9.17, 15) is 0 Å². The Balaban J connectivity index is 1.29. The number of hydrogen-bond acceptors (Lipinski definition) is 1. The fourth-order valence-electron chi connectivity index (χ4n) is 8.42. The number of nitrogens with zero attached hydrogens (tertiary/aromatic N) is 1. The maximum atomic E-state index is 2.48. The average molecular weight is 698 g/mol. The van der Waals surface area contributed by atoms with Crippen LogP contribution in [0.25, 0.3) is 66.1 Å². The standard InChI is InChI=1S/C53H47N/c1-34-25-27-40(53(5,6)7)33-47(34)54(41-22-16-21-39(32-41)52(2,3)4)42-28-26-37-30-45-46(31-38(37)29-42)51-49(36-19-12-9-13-20-36)44-24-15-14-23-43(44)48(50(45)51)35-17-10-8-11-18-35/h8-33H,1-7H3. The van der Waals surface area contributed by atoms with Crippen LogP contribution in [0.3, 0.4) is 0 Å². The number of hydrogen-bond donors (Lipinski definition) is 0. The second-order valence-electron chi connectivity index (χ2n) is 17.1. The zero-order valence-corrected chi connectivity index (χ0v) is 32.5. The molecule has 1 aliphatic rings. The summed E-state index contributed by atoms with van der Waals surface area (Å²) in [6.45, 7) is 16.0. The predicted octanol–water partition coefficient (Wildman–Crippen LogP) is 15.3. The zero-order chi connectivity index (χ0) is 37.4. The Morgan fingerprint density at radius 1 is 0.389 bits per heavy atom. The smallest absolute Gasteiger partial charge is 0.0493 e. The lowest BCUT2D eigenvalue weighted by Crippen LogP contribution is -2.17. The topological polar surface area (TPSA) is 3.24 Å². The lowest BCUT2D eigenvalue weighted by molar-refractivity contribution is 0.590. The van der Waals surface area contributed by atoms with Crippen molar-refractivity contribution in [2.75, 3.05) is 4.90 Å². The van der Waals surface area contributed by atoms with Gasteiger partial charge in [-0.1, -0.05) is 157 Å². The normalized spacial score (nSPS) is 12.4. The molecule has 1 heteroatoms. The van der Waals surface area contributed by atoms with Crippen LogP contribution in [0.4, 0.5) is 17.1 Å². The lowest BCUT2D eigenvalue weighted by atomic mass is 9.70. The molecule has 8 aromatic rings. The molecule has 9 rings (SSSR count). The quantitative estimate of drug-likeness (QED) is 0.173. The van der Waals surface area contributed by atoms with Gasteiger partial charge in [0.15, 0.2) is 0 Å². The van der Waals surface area contributed by atoms with Crippen LogP contribution in [0.2, 0.25) is 0 Å². The highest BCUT2D eigenvalue weighted by atomic mass is 15.1. The largest absolute Gasteiger partial charge is 0.310 e. The first-order valence-corrected chi connectivity index (χ1v) is 19.3. The summed E-state index contributed by atoms with van der Waals surface area (Å²) in [4.78, 5) is 2.48. The molecule has 0 radical (unpaired) electrons. The average Bonchev–Trinajstić information content (AvgIpc) is 3.17. The summed E-state index contributed by atoms with van der Waals surface area (Å²) >= 11 is 0. The van der Waals surface area contributed by atoms with Crippen molar-refractivity contribution in [1.29, 1.82) is 0 Å². The van der Waals surface area contributed by atoms with Gasteiger partial charge in [-0.3, -0.25) is 0 Å². The fourth-order valence-corrected chi connectivity index (χ4v) is 8.42. The highest BCUT2D eigenvalue weighted by molar-refractivity contribution is 6.26. The van der Waals surface area contributed by atoms with Crippen LogP contribution in [0.15, 0.2) is 158 Å². The van der Waals surface area contributed by atoms with Gasteiger partial charge in [0.25, 0.3) is 0 Å². The number of aryl methyl sites for hydroxylation is 1. The van der Waals surface area contributed by atoms with Gasteiger partial charge < -0.3 is 4.90 Å². The van der Waals surface area contributed by atoms with E-state index in [1.807, 2.05) is 0 Å². The van der Waals surface area contributed by atoms with Gasteiger partial charge in [0.05, 0.1) is 0 Å². The van der Waals surface area contributed by atoms with Crippen LogP contribution < -0.4 is 4.90 Å². The minimum atomic E-state index is 0.0275. The predicted molar refractivity (Wildman–Crippen MR) is 234 cm³/mol. The molecule has 264 valence electrons. The molecule has 0 unspecified atom stereocenters. The second-order valence-corrected chi connectivity index (χ2v) is 17.1. The van der Waals surface area contributed by atoms with Crippen LogP contribution in [-0.2, 0) is 10.8 Å². The highest BCUT2D eigenvalue weighted by Gasteiger charge is 2.33. The molecular formula is C53H47N. The summed E-state index contributed by atoms with van der Waals surface area (Å²) in [7, 11) is 0. The summed E-state index contributed by atoms with van der Waals surface area (Å²) in [6.07, 6.45) is 0. The molecule has 0 fully saturated rings. The van der Waals surface area contributed by atoms with Gasteiger partial charge in [0.1, 0.15) is 0 Å². The molecular weight excluding hydrogens is 651 g/mol. The maximum Gasteiger partial charge on any atom is 0.0493 e. The molecule has 1 aliphatic carbocycles. The minimum absolute atomic E-state index is 0.0275. The number of rotatable bonds is 5. The van der Waals surface area contributed by atoms with Crippen molar-refractivity contribution in [2.24, 2.45) is 0 Å². The van der Waals surface area contributed by atoms with Crippen LogP contribution in [-0.4, -0.2) is 0 Å². The summed E-state index contributed by atoms with van der Waals surface area (Å²) in [6, 6.07) is 58.9. The Kier molecular flexibility index (Phi) is 7.91. The Morgan fingerprint density at radius 2 is 0.907 bits per heavy atom. The first-order valence-electron chi connectivity index (χ1n) is 19.3. The third-order valence-corrected chi connectivity index (χ3v) is 11.4. The molecule has 8 aromatic carbocycles. The molecule has 0 bridgehead atoms. The summed E-state index contributed by atoms with van der Waals surface area (Å²) in [5.41, 5.74) is 18.0. The molecule has 0 heterocycles. The highest BCUT2D eigenvalue weighted by Crippen LogP contribution is 2.60. The van der Waals surface area contributed by atoms with Crippen molar-refractivity contribution in [3.8, 4) is 44.5 Å². The van der Waals surface area contributed by atoms with E-state index in [1.54, 1.807) is 0 Å². The van der Waals surface area contributed by atoms with E-state index in [1.165, 1.54) is 94.1 Å². The van der Waals surface area contributed by atoms with Gasteiger partial charge >= 0.3 is 0 Å². The van der Waals surface area contributed by atoms with Crippen LogP contribution in [0.1, 0.15) is 58.2 Å². The Bertz CT molecular complexity index is 2720. The van der Waals surface area contributed by atoms with Gasteiger partial charge in [-0.15, -0.1) is 0 Å². The molecule has 54 heavy (non-hydrogen) atoms. The number of anilines is 3. The molecule has 0 spiro atoms. The molecule has 0 saturated carbocycles. The molecule has 1 nitrogen and oxygen atoms in total. The molecule has 0 aromatic heterocycles. The van der Waals surface area contributed by atoms with Crippen molar-refractivity contribution in [1.82, 2.24) is 0 Å². The van der Waals surface area contributed by atoms with Crippen LogP contribution in [0.5, 0.6) is 0 Å². The Labute approximate surface area is 320 Å².